The summed E-state index contributed by atoms with van der Waals surface area (Å²) in [6.07, 6.45) is 2.92. The summed E-state index contributed by atoms with van der Waals surface area (Å²) in [5.74, 6) is -0.0655. The van der Waals surface area contributed by atoms with Crippen LogP contribution in [-0.2, 0) is 5.41 Å². The number of halogens is 1. The molecule has 2 heteroatoms. The number of hydrogen-bond donors (Lipinski definition) is 1. The number of nitrogens with two attached hydrogens (primary N) is 1. The molecule has 3 saturated carbocycles. The molecule has 0 aliphatic heterocycles. The minimum absolute atomic E-state index is 0.0578. The van der Waals surface area contributed by atoms with E-state index >= 15 is 0 Å². The summed E-state index contributed by atoms with van der Waals surface area (Å²) < 4.78 is 13.4. The van der Waals surface area contributed by atoms with Crippen molar-refractivity contribution in [1.82, 2.24) is 0 Å². The zero-order valence-electron chi connectivity index (χ0n) is 7.39. The van der Waals surface area contributed by atoms with E-state index in [0.717, 1.165) is 24.8 Å². The Hall–Kier alpha value is -0.890. The van der Waals surface area contributed by atoms with Crippen molar-refractivity contribution >= 4 is 0 Å². The van der Waals surface area contributed by atoms with Crippen LogP contribution < -0.4 is 5.73 Å². The van der Waals surface area contributed by atoms with Crippen molar-refractivity contribution in [1.29, 1.82) is 0 Å². The highest BCUT2D eigenvalue weighted by Crippen LogP contribution is 2.66. The lowest BCUT2D eigenvalue weighted by atomic mass is 9.38. The van der Waals surface area contributed by atoms with Gasteiger partial charge in [-0.25, -0.2) is 4.39 Å². The van der Waals surface area contributed by atoms with E-state index in [-0.39, 0.29) is 16.8 Å². The van der Waals surface area contributed by atoms with Gasteiger partial charge in [-0.1, -0.05) is 18.2 Å². The molecule has 2 bridgehead atoms. The van der Waals surface area contributed by atoms with Crippen LogP contribution in [0.3, 0.4) is 0 Å². The quantitative estimate of drug-likeness (QED) is 0.697. The van der Waals surface area contributed by atoms with Gasteiger partial charge in [0.05, 0.1) is 0 Å². The first-order chi connectivity index (χ1) is 6.14. The lowest BCUT2D eigenvalue weighted by molar-refractivity contribution is -0.0612. The average molecular weight is 177 g/mol. The molecule has 13 heavy (non-hydrogen) atoms. The second-order valence-electron chi connectivity index (χ2n) is 4.65. The Morgan fingerprint density at radius 3 is 2.31 bits per heavy atom. The van der Waals surface area contributed by atoms with Gasteiger partial charge in [0.15, 0.2) is 0 Å². The fourth-order valence-electron chi connectivity index (χ4n) is 3.04. The molecular weight excluding hydrogens is 165 g/mol. The average Bonchev–Trinajstić information content (AvgIpc) is 1.99. The molecule has 1 nitrogen and oxygen atoms in total. The zero-order valence-corrected chi connectivity index (χ0v) is 7.39. The molecule has 1 aromatic carbocycles. The third kappa shape index (κ3) is 0.792. The van der Waals surface area contributed by atoms with Crippen LogP contribution in [0.5, 0.6) is 0 Å². The summed E-state index contributed by atoms with van der Waals surface area (Å²) in [4.78, 5) is 0. The molecule has 0 unspecified atom stereocenters. The molecule has 2 N–H and O–H groups in total. The van der Waals surface area contributed by atoms with Gasteiger partial charge in [0.1, 0.15) is 5.82 Å². The van der Waals surface area contributed by atoms with Gasteiger partial charge < -0.3 is 5.73 Å². The predicted molar refractivity (Wildman–Crippen MR) is 48.8 cm³/mol. The van der Waals surface area contributed by atoms with Crippen molar-refractivity contribution in [3.8, 4) is 0 Å². The van der Waals surface area contributed by atoms with Crippen molar-refractivity contribution in [3.63, 3.8) is 0 Å². The van der Waals surface area contributed by atoms with Gasteiger partial charge in [-0.05, 0) is 30.9 Å². The lowest BCUT2D eigenvalue weighted by Crippen LogP contribution is -2.74. The van der Waals surface area contributed by atoms with Crippen molar-refractivity contribution in [2.24, 2.45) is 5.73 Å². The molecular formula is C11H12FN. The number of rotatable bonds is 1. The molecule has 3 aliphatic carbocycles. The van der Waals surface area contributed by atoms with Gasteiger partial charge in [0.2, 0.25) is 0 Å². The number of hydrogen-bond acceptors (Lipinski definition) is 1. The Bertz CT molecular complexity index is 352. The Balaban J connectivity index is 1.99. The van der Waals surface area contributed by atoms with Crippen LogP contribution in [0.4, 0.5) is 4.39 Å². The molecule has 0 saturated heterocycles. The van der Waals surface area contributed by atoms with Crippen molar-refractivity contribution in [2.45, 2.75) is 30.2 Å². The van der Waals surface area contributed by atoms with E-state index in [4.69, 9.17) is 5.73 Å². The van der Waals surface area contributed by atoms with Gasteiger partial charge in [-0.3, -0.25) is 0 Å². The molecule has 4 rings (SSSR count). The Morgan fingerprint density at radius 2 is 1.77 bits per heavy atom. The summed E-state index contributed by atoms with van der Waals surface area (Å²) in [5, 5.41) is 0. The van der Waals surface area contributed by atoms with Crippen LogP contribution in [0.1, 0.15) is 24.8 Å². The van der Waals surface area contributed by atoms with E-state index in [1.807, 2.05) is 12.1 Å². The lowest BCUT2D eigenvalue weighted by Gasteiger charge is -2.69. The zero-order chi connectivity index (χ0) is 9.10. The summed E-state index contributed by atoms with van der Waals surface area (Å²) in [5.41, 5.74) is 6.98. The van der Waals surface area contributed by atoms with E-state index in [0.29, 0.717) is 0 Å². The van der Waals surface area contributed by atoms with E-state index in [2.05, 4.69) is 0 Å². The minimum atomic E-state index is -0.0655. The standard InChI is InChI=1S/C11H12FN/c12-9-4-2-1-3-8(9)10-5-11(13,6-10)7-10/h1-4H,5-7,13H2. The maximum atomic E-state index is 13.4. The summed E-state index contributed by atoms with van der Waals surface area (Å²) in [6, 6.07) is 7.08. The SMILES string of the molecule is NC12CC(c3ccccc3F)(C1)C2. The van der Waals surface area contributed by atoms with Crippen LogP contribution in [-0.4, -0.2) is 5.54 Å². The molecule has 0 spiro atoms. The molecule has 0 radical (unpaired) electrons. The molecule has 0 atom stereocenters. The van der Waals surface area contributed by atoms with Gasteiger partial charge >= 0.3 is 0 Å². The second kappa shape index (κ2) is 1.95. The van der Waals surface area contributed by atoms with Crippen LogP contribution in [0.2, 0.25) is 0 Å². The summed E-state index contributed by atoms with van der Waals surface area (Å²) in [7, 11) is 0. The molecule has 3 aliphatic rings. The molecule has 0 amide bonds. The Kier molecular flexibility index (Phi) is 1.13. The van der Waals surface area contributed by atoms with E-state index < -0.39 is 0 Å². The Labute approximate surface area is 76.7 Å². The van der Waals surface area contributed by atoms with E-state index in [1.165, 1.54) is 0 Å². The first kappa shape index (κ1) is 7.51. The predicted octanol–water partition coefficient (Wildman–Crippen LogP) is 1.96. The first-order valence-corrected chi connectivity index (χ1v) is 4.68. The molecule has 68 valence electrons. The van der Waals surface area contributed by atoms with Gasteiger partial charge in [0, 0.05) is 11.0 Å². The first-order valence-electron chi connectivity index (χ1n) is 4.68. The third-order valence-electron chi connectivity index (χ3n) is 3.52. The molecule has 1 aromatic rings. The highest BCUT2D eigenvalue weighted by atomic mass is 19.1. The Morgan fingerprint density at radius 1 is 1.15 bits per heavy atom. The topological polar surface area (TPSA) is 26.0 Å². The van der Waals surface area contributed by atoms with E-state index in [9.17, 15) is 4.39 Å². The summed E-state index contributed by atoms with van der Waals surface area (Å²) in [6.45, 7) is 0. The van der Waals surface area contributed by atoms with Crippen LogP contribution >= 0.6 is 0 Å². The monoisotopic (exact) mass is 177 g/mol. The van der Waals surface area contributed by atoms with Crippen molar-refractivity contribution in [2.75, 3.05) is 0 Å². The summed E-state index contributed by atoms with van der Waals surface area (Å²) >= 11 is 0. The maximum Gasteiger partial charge on any atom is 0.126 e. The third-order valence-corrected chi connectivity index (χ3v) is 3.52. The normalized spacial score (nSPS) is 40.8. The number of benzene rings is 1. The molecule has 0 heterocycles. The molecule has 3 fully saturated rings. The van der Waals surface area contributed by atoms with E-state index in [1.54, 1.807) is 12.1 Å². The maximum absolute atomic E-state index is 13.4. The molecule has 0 aromatic heterocycles. The fourth-order valence-corrected chi connectivity index (χ4v) is 3.04. The van der Waals surface area contributed by atoms with Crippen LogP contribution in [0.25, 0.3) is 0 Å². The fraction of sp³-hybridized carbons (Fsp3) is 0.455. The van der Waals surface area contributed by atoms with Gasteiger partial charge in [-0.2, -0.15) is 0 Å². The second-order valence-corrected chi connectivity index (χ2v) is 4.65. The van der Waals surface area contributed by atoms with Crippen LogP contribution in [0.15, 0.2) is 24.3 Å². The van der Waals surface area contributed by atoms with Crippen molar-refractivity contribution in [3.05, 3.63) is 35.6 Å². The van der Waals surface area contributed by atoms with Gasteiger partial charge in [-0.15, -0.1) is 0 Å². The minimum Gasteiger partial charge on any atom is -0.325 e. The highest BCUT2D eigenvalue weighted by Gasteiger charge is 2.66. The smallest absolute Gasteiger partial charge is 0.126 e. The largest absolute Gasteiger partial charge is 0.325 e. The van der Waals surface area contributed by atoms with Crippen LogP contribution in [0, 0.1) is 5.82 Å². The van der Waals surface area contributed by atoms with Crippen molar-refractivity contribution < 1.29 is 4.39 Å². The highest BCUT2D eigenvalue weighted by molar-refractivity contribution is 5.41. The van der Waals surface area contributed by atoms with Gasteiger partial charge in [0.25, 0.3) is 0 Å².